The van der Waals surface area contributed by atoms with Gasteiger partial charge >= 0.3 is 0 Å². The Kier molecular flexibility index (Phi) is 4.89. The minimum atomic E-state index is -0.0602. The molecular weight excluding hydrogens is 394 g/mol. The van der Waals surface area contributed by atoms with Crippen LogP contribution in [0, 0.1) is 0 Å². The third-order valence-corrected chi connectivity index (χ3v) is 5.81. The predicted octanol–water partition coefficient (Wildman–Crippen LogP) is 3.65. The summed E-state index contributed by atoms with van der Waals surface area (Å²) in [5, 5.41) is 9.57. The number of aromatic nitrogens is 4. The number of carbonyl (C=O) groups is 1. The molecule has 4 aromatic rings. The van der Waals surface area contributed by atoms with Gasteiger partial charge in [-0.1, -0.05) is 35.5 Å². The zero-order valence-corrected chi connectivity index (χ0v) is 17.5. The summed E-state index contributed by atoms with van der Waals surface area (Å²) in [7, 11) is 3.47. The van der Waals surface area contributed by atoms with Crippen LogP contribution in [0.15, 0.2) is 53.1 Å². The van der Waals surface area contributed by atoms with Crippen molar-refractivity contribution >= 4 is 16.8 Å². The van der Waals surface area contributed by atoms with Gasteiger partial charge in [-0.3, -0.25) is 9.48 Å². The fraction of sp³-hybridized carbons (Fsp3) is 0.304. The van der Waals surface area contributed by atoms with E-state index in [1.54, 1.807) is 11.8 Å². The molecule has 0 N–H and O–H groups in total. The number of rotatable bonds is 4. The Bertz CT molecular complexity index is 1240. The van der Waals surface area contributed by atoms with Gasteiger partial charge in [-0.25, -0.2) is 0 Å². The molecule has 0 unspecified atom stereocenters. The molecule has 5 rings (SSSR count). The molecule has 1 aliphatic rings. The molecule has 1 saturated heterocycles. The van der Waals surface area contributed by atoms with Crippen molar-refractivity contribution in [3.05, 3.63) is 60.0 Å². The van der Waals surface area contributed by atoms with Gasteiger partial charge in [-0.2, -0.15) is 10.1 Å². The average molecular weight is 417 g/mol. The summed E-state index contributed by atoms with van der Waals surface area (Å²) in [6, 6.07) is 15.3. The van der Waals surface area contributed by atoms with Crippen LogP contribution in [0.5, 0.6) is 5.75 Å². The lowest BCUT2D eigenvalue weighted by molar-refractivity contribution is 0.0698. The number of piperidine rings is 1. The van der Waals surface area contributed by atoms with Gasteiger partial charge in [-0.15, -0.1) is 0 Å². The van der Waals surface area contributed by atoms with E-state index in [4.69, 9.17) is 9.26 Å². The highest BCUT2D eigenvalue weighted by Crippen LogP contribution is 2.32. The number of hydrogen-bond donors (Lipinski definition) is 0. The quantitative estimate of drug-likeness (QED) is 0.504. The maximum Gasteiger partial charge on any atom is 0.275 e. The first-order valence-corrected chi connectivity index (χ1v) is 10.3. The van der Waals surface area contributed by atoms with Gasteiger partial charge in [0, 0.05) is 31.4 Å². The maximum absolute atomic E-state index is 13.3. The lowest BCUT2D eigenvalue weighted by atomic mass is 9.97. The molecule has 0 bridgehead atoms. The van der Waals surface area contributed by atoms with Crippen LogP contribution in [-0.4, -0.2) is 50.9 Å². The standard InChI is InChI=1S/C23H23N5O3/c1-27-18-11-5-3-9-16(18)20(25-27)23(29)28-13-7-8-15(14-28)21-24-22(31-26-21)17-10-4-6-12-19(17)30-2/h3-6,9-12,15H,7-8,13-14H2,1-2H3/t15-/m1/s1. The van der Waals surface area contributed by atoms with Gasteiger partial charge in [-0.05, 0) is 31.0 Å². The number of para-hydroxylation sites is 2. The SMILES string of the molecule is COc1ccccc1-c1nc([C@@H]2CCCN(C(=O)c3nn(C)c4ccccc34)C2)no1. The molecule has 0 radical (unpaired) electrons. The number of fused-ring (bicyclic) bond motifs is 1. The van der Waals surface area contributed by atoms with E-state index in [9.17, 15) is 4.79 Å². The van der Waals surface area contributed by atoms with Crippen molar-refractivity contribution < 1.29 is 14.1 Å². The summed E-state index contributed by atoms with van der Waals surface area (Å²) in [5.74, 6) is 1.67. The molecule has 0 aliphatic carbocycles. The lowest BCUT2D eigenvalue weighted by Crippen LogP contribution is -2.39. The monoisotopic (exact) mass is 417 g/mol. The molecule has 1 amide bonds. The second-order valence-electron chi connectivity index (χ2n) is 7.74. The number of nitrogens with zero attached hydrogens (tertiary/aromatic N) is 5. The summed E-state index contributed by atoms with van der Waals surface area (Å²) in [6.45, 7) is 1.23. The summed E-state index contributed by atoms with van der Waals surface area (Å²) in [5.41, 5.74) is 2.19. The first-order chi connectivity index (χ1) is 15.2. The number of methoxy groups -OCH3 is 1. The van der Waals surface area contributed by atoms with E-state index in [1.807, 2.05) is 60.5 Å². The highest BCUT2D eigenvalue weighted by molar-refractivity contribution is 6.04. The van der Waals surface area contributed by atoms with E-state index < -0.39 is 0 Å². The number of carbonyl (C=O) groups excluding carboxylic acids is 1. The molecule has 1 fully saturated rings. The molecule has 0 saturated carbocycles. The molecular formula is C23H23N5O3. The zero-order chi connectivity index (χ0) is 21.4. The van der Waals surface area contributed by atoms with Crippen molar-refractivity contribution in [2.24, 2.45) is 7.05 Å². The number of hydrogen-bond acceptors (Lipinski definition) is 6. The molecule has 1 atom stereocenters. The first kappa shape index (κ1) is 19.3. The van der Waals surface area contributed by atoms with Gasteiger partial charge in [0.25, 0.3) is 11.8 Å². The van der Waals surface area contributed by atoms with Crippen molar-refractivity contribution in [1.29, 1.82) is 0 Å². The van der Waals surface area contributed by atoms with E-state index in [0.717, 1.165) is 29.3 Å². The number of ether oxygens (including phenoxy) is 1. The molecule has 158 valence electrons. The lowest BCUT2D eigenvalue weighted by Gasteiger charge is -2.30. The van der Waals surface area contributed by atoms with E-state index in [2.05, 4.69) is 15.2 Å². The van der Waals surface area contributed by atoms with E-state index in [-0.39, 0.29) is 11.8 Å². The van der Waals surface area contributed by atoms with Crippen LogP contribution in [0.2, 0.25) is 0 Å². The van der Waals surface area contributed by atoms with Crippen molar-refractivity contribution in [3.8, 4) is 17.2 Å². The summed E-state index contributed by atoms with van der Waals surface area (Å²) in [6.07, 6.45) is 1.78. The Morgan fingerprint density at radius 2 is 1.97 bits per heavy atom. The Morgan fingerprint density at radius 3 is 2.84 bits per heavy atom. The van der Waals surface area contributed by atoms with E-state index in [0.29, 0.717) is 36.2 Å². The zero-order valence-electron chi connectivity index (χ0n) is 17.5. The van der Waals surface area contributed by atoms with E-state index in [1.165, 1.54) is 0 Å². The summed E-state index contributed by atoms with van der Waals surface area (Å²) < 4.78 is 12.7. The fourth-order valence-electron chi connectivity index (χ4n) is 4.23. The van der Waals surface area contributed by atoms with Gasteiger partial charge in [0.15, 0.2) is 11.5 Å². The van der Waals surface area contributed by atoms with Crippen molar-refractivity contribution in [2.45, 2.75) is 18.8 Å². The predicted molar refractivity (Wildman–Crippen MR) is 115 cm³/mol. The summed E-state index contributed by atoms with van der Waals surface area (Å²) >= 11 is 0. The molecule has 2 aromatic heterocycles. The van der Waals surface area contributed by atoms with Gasteiger partial charge < -0.3 is 14.2 Å². The topological polar surface area (TPSA) is 86.3 Å². The number of aryl methyl sites for hydroxylation is 1. The number of likely N-dealkylation sites (tertiary alicyclic amines) is 1. The second kappa shape index (κ2) is 7.86. The number of benzene rings is 2. The Labute approximate surface area is 179 Å². The van der Waals surface area contributed by atoms with Gasteiger partial charge in [0.1, 0.15) is 5.75 Å². The first-order valence-electron chi connectivity index (χ1n) is 10.3. The molecule has 1 aliphatic heterocycles. The van der Waals surface area contributed by atoms with Crippen LogP contribution >= 0.6 is 0 Å². The molecule has 2 aromatic carbocycles. The minimum absolute atomic E-state index is 0.0138. The van der Waals surface area contributed by atoms with Crippen molar-refractivity contribution in [3.63, 3.8) is 0 Å². The second-order valence-corrected chi connectivity index (χ2v) is 7.74. The van der Waals surface area contributed by atoms with Crippen LogP contribution in [0.25, 0.3) is 22.4 Å². The average Bonchev–Trinajstić information content (AvgIpc) is 3.44. The van der Waals surface area contributed by atoms with Crippen molar-refractivity contribution in [1.82, 2.24) is 24.8 Å². The van der Waals surface area contributed by atoms with Crippen molar-refractivity contribution in [2.75, 3.05) is 20.2 Å². The normalized spacial score (nSPS) is 16.6. The largest absolute Gasteiger partial charge is 0.496 e. The summed E-state index contributed by atoms with van der Waals surface area (Å²) in [4.78, 5) is 19.8. The Morgan fingerprint density at radius 1 is 1.16 bits per heavy atom. The highest BCUT2D eigenvalue weighted by Gasteiger charge is 2.31. The van der Waals surface area contributed by atoms with Crippen LogP contribution in [-0.2, 0) is 7.05 Å². The Hall–Kier alpha value is -3.68. The third kappa shape index (κ3) is 3.43. The molecule has 8 nitrogen and oxygen atoms in total. The molecule has 0 spiro atoms. The highest BCUT2D eigenvalue weighted by atomic mass is 16.5. The molecule has 3 heterocycles. The third-order valence-electron chi connectivity index (χ3n) is 5.81. The van der Waals surface area contributed by atoms with Crippen LogP contribution in [0.3, 0.4) is 0 Å². The smallest absolute Gasteiger partial charge is 0.275 e. The number of amides is 1. The minimum Gasteiger partial charge on any atom is -0.496 e. The molecule has 31 heavy (non-hydrogen) atoms. The molecule has 8 heteroatoms. The van der Waals surface area contributed by atoms with Crippen LogP contribution < -0.4 is 4.74 Å². The maximum atomic E-state index is 13.3. The van der Waals surface area contributed by atoms with Gasteiger partial charge in [0.2, 0.25) is 0 Å². The van der Waals surface area contributed by atoms with E-state index >= 15 is 0 Å². The fourth-order valence-corrected chi connectivity index (χ4v) is 4.23. The van der Waals surface area contributed by atoms with Crippen LogP contribution in [0.4, 0.5) is 0 Å². The van der Waals surface area contributed by atoms with Crippen LogP contribution in [0.1, 0.15) is 35.1 Å². The Balaban J connectivity index is 1.38. The van der Waals surface area contributed by atoms with Gasteiger partial charge in [0.05, 0.1) is 18.2 Å².